The van der Waals surface area contributed by atoms with Crippen LogP contribution in [0.25, 0.3) is 0 Å². The molecule has 102 valence electrons. The van der Waals surface area contributed by atoms with Gasteiger partial charge in [0.15, 0.2) is 0 Å². The van der Waals surface area contributed by atoms with E-state index in [4.69, 9.17) is 10.2 Å². The third kappa shape index (κ3) is 5.14. The summed E-state index contributed by atoms with van der Waals surface area (Å²) in [5.41, 5.74) is 0. The molecule has 2 atom stereocenters. The molecule has 1 aromatic rings. The topological polar surface area (TPSA) is 89.8 Å². The lowest BCUT2D eigenvalue weighted by Gasteiger charge is -2.23. The molecule has 0 bridgehead atoms. The predicted octanol–water partition coefficient (Wildman–Crippen LogP) is 0.987. The van der Waals surface area contributed by atoms with Crippen molar-refractivity contribution in [2.45, 2.75) is 31.4 Å². The Labute approximate surface area is 110 Å². The lowest BCUT2D eigenvalue weighted by molar-refractivity contribution is -0.137. The maximum atomic E-state index is 10.6. The number of carbonyl (C=O) groups is 1. The molecule has 0 radical (unpaired) electrons. The SMILES string of the molecule is O=C(O)CCC(NCCCO)C(O)c1cccs1. The number of aliphatic hydroxyl groups excluding tert-OH is 2. The summed E-state index contributed by atoms with van der Waals surface area (Å²) in [6.07, 6.45) is 0.253. The molecule has 4 N–H and O–H groups in total. The first-order valence-corrected chi connectivity index (χ1v) is 6.80. The lowest BCUT2D eigenvalue weighted by Crippen LogP contribution is -2.36. The van der Waals surface area contributed by atoms with Crippen LogP contribution in [-0.4, -0.2) is 40.5 Å². The van der Waals surface area contributed by atoms with Gasteiger partial charge in [-0.2, -0.15) is 0 Å². The van der Waals surface area contributed by atoms with Crippen LogP contribution in [0, 0.1) is 0 Å². The molecule has 2 unspecified atom stereocenters. The number of aliphatic carboxylic acids is 1. The molecule has 0 aliphatic carbocycles. The first-order valence-electron chi connectivity index (χ1n) is 5.92. The predicted molar refractivity (Wildman–Crippen MR) is 69.6 cm³/mol. The molecule has 0 saturated heterocycles. The number of hydrogen-bond donors (Lipinski definition) is 4. The summed E-state index contributed by atoms with van der Waals surface area (Å²) < 4.78 is 0. The van der Waals surface area contributed by atoms with Gasteiger partial charge in [0.1, 0.15) is 6.10 Å². The number of aliphatic hydroxyl groups is 2. The van der Waals surface area contributed by atoms with Crippen molar-refractivity contribution < 1.29 is 20.1 Å². The summed E-state index contributed by atoms with van der Waals surface area (Å²) in [6, 6.07) is 3.38. The van der Waals surface area contributed by atoms with Gasteiger partial charge in [0.25, 0.3) is 0 Å². The van der Waals surface area contributed by atoms with Gasteiger partial charge in [0, 0.05) is 23.9 Å². The number of nitrogens with one attached hydrogen (secondary N) is 1. The minimum atomic E-state index is -0.873. The van der Waals surface area contributed by atoms with Crippen molar-refractivity contribution in [2.75, 3.05) is 13.2 Å². The molecule has 1 aromatic heterocycles. The van der Waals surface area contributed by atoms with Crippen molar-refractivity contribution in [2.24, 2.45) is 0 Å². The van der Waals surface area contributed by atoms with Gasteiger partial charge in [-0.3, -0.25) is 4.79 Å². The van der Waals surface area contributed by atoms with Crippen molar-refractivity contribution in [1.29, 1.82) is 0 Å². The van der Waals surface area contributed by atoms with Crippen LogP contribution < -0.4 is 5.32 Å². The summed E-state index contributed by atoms with van der Waals surface area (Å²) in [5, 5.41) is 32.6. The van der Waals surface area contributed by atoms with Crippen LogP contribution in [0.5, 0.6) is 0 Å². The number of carboxylic acids is 1. The maximum absolute atomic E-state index is 10.6. The molecule has 0 spiro atoms. The van der Waals surface area contributed by atoms with Gasteiger partial charge in [-0.05, 0) is 30.8 Å². The van der Waals surface area contributed by atoms with Gasteiger partial charge in [0.2, 0.25) is 0 Å². The molecule has 6 heteroatoms. The van der Waals surface area contributed by atoms with E-state index in [1.54, 1.807) is 0 Å². The smallest absolute Gasteiger partial charge is 0.303 e. The Hall–Kier alpha value is -0.950. The minimum absolute atomic E-state index is 0.0131. The van der Waals surface area contributed by atoms with E-state index in [0.717, 1.165) is 4.88 Å². The van der Waals surface area contributed by atoms with Crippen LogP contribution in [-0.2, 0) is 4.79 Å². The van der Waals surface area contributed by atoms with E-state index in [2.05, 4.69) is 5.32 Å². The number of thiophene rings is 1. The molecular formula is C12H19NO4S. The third-order valence-electron chi connectivity index (χ3n) is 2.63. The van der Waals surface area contributed by atoms with Crippen LogP contribution in [0.4, 0.5) is 0 Å². The zero-order valence-electron chi connectivity index (χ0n) is 10.1. The highest BCUT2D eigenvalue weighted by molar-refractivity contribution is 7.10. The van der Waals surface area contributed by atoms with Gasteiger partial charge >= 0.3 is 5.97 Å². The quantitative estimate of drug-likeness (QED) is 0.504. The fourth-order valence-corrected chi connectivity index (χ4v) is 2.45. The average Bonchev–Trinajstić information content (AvgIpc) is 2.86. The summed E-state index contributed by atoms with van der Waals surface area (Å²) in [6.45, 7) is 0.636. The molecule has 0 aromatic carbocycles. The molecule has 1 rings (SSSR count). The van der Waals surface area contributed by atoms with Gasteiger partial charge in [-0.1, -0.05) is 6.07 Å². The molecule has 0 aliphatic heterocycles. The molecule has 0 aliphatic rings. The van der Waals surface area contributed by atoms with Gasteiger partial charge in [0.05, 0.1) is 0 Å². The van der Waals surface area contributed by atoms with Gasteiger partial charge in [-0.15, -0.1) is 11.3 Å². The van der Waals surface area contributed by atoms with Crippen molar-refractivity contribution in [3.05, 3.63) is 22.4 Å². The second kappa shape index (κ2) is 8.20. The fraction of sp³-hybridized carbons (Fsp3) is 0.583. The maximum Gasteiger partial charge on any atom is 0.303 e. The standard InChI is InChI=1S/C12H19NO4S/c14-7-2-6-13-9(4-5-11(15)16)12(17)10-3-1-8-18-10/h1,3,8-9,12-14,17H,2,4-7H2,(H,15,16). The van der Waals surface area contributed by atoms with Crippen LogP contribution in [0.15, 0.2) is 17.5 Å². The Morgan fingerprint density at radius 3 is 2.83 bits per heavy atom. The fourth-order valence-electron chi connectivity index (χ4n) is 1.67. The first-order chi connectivity index (χ1) is 8.65. The van der Waals surface area contributed by atoms with Crippen LogP contribution in [0.1, 0.15) is 30.2 Å². The summed E-state index contributed by atoms with van der Waals surface area (Å²) in [7, 11) is 0. The molecule has 0 amide bonds. The Kier molecular flexibility index (Phi) is 6.89. The second-order valence-electron chi connectivity index (χ2n) is 4.03. The molecule has 1 heterocycles. The van der Waals surface area contributed by atoms with Crippen molar-refractivity contribution >= 4 is 17.3 Å². The normalized spacial score (nSPS) is 14.3. The Morgan fingerprint density at radius 1 is 1.50 bits per heavy atom. The van der Waals surface area contributed by atoms with Crippen LogP contribution >= 0.6 is 11.3 Å². The molecular weight excluding hydrogens is 254 g/mol. The summed E-state index contributed by atoms with van der Waals surface area (Å²) in [4.78, 5) is 11.4. The lowest BCUT2D eigenvalue weighted by atomic mass is 10.0. The van der Waals surface area contributed by atoms with Crippen LogP contribution in [0.3, 0.4) is 0 Å². The highest BCUT2D eigenvalue weighted by atomic mass is 32.1. The average molecular weight is 273 g/mol. The second-order valence-corrected chi connectivity index (χ2v) is 5.01. The summed E-state index contributed by atoms with van der Waals surface area (Å²) >= 11 is 1.45. The van der Waals surface area contributed by atoms with Crippen LogP contribution in [0.2, 0.25) is 0 Å². The largest absolute Gasteiger partial charge is 0.481 e. The van der Waals surface area contributed by atoms with Crippen molar-refractivity contribution in [1.82, 2.24) is 5.32 Å². The van der Waals surface area contributed by atoms with E-state index >= 15 is 0 Å². The number of carboxylic acid groups (broad SMARTS) is 1. The molecule has 5 nitrogen and oxygen atoms in total. The van der Waals surface area contributed by atoms with Crippen molar-refractivity contribution in [3.63, 3.8) is 0 Å². The van der Waals surface area contributed by atoms with E-state index in [1.165, 1.54) is 11.3 Å². The zero-order chi connectivity index (χ0) is 13.4. The third-order valence-corrected chi connectivity index (χ3v) is 3.57. The molecule has 0 saturated carbocycles. The van der Waals surface area contributed by atoms with Crippen molar-refractivity contribution in [3.8, 4) is 0 Å². The first kappa shape index (κ1) is 15.1. The van der Waals surface area contributed by atoms with Gasteiger partial charge < -0.3 is 20.6 Å². The highest BCUT2D eigenvalue weighted by Gasteiger charge is 2.21. The van der Waals surface area contributed by atoms with E-state index in [1.807, 2.05) is 17.5 Å². The molecule has 0 fully saturated rings. The molecule has 18 heavy (non-hydrogen) atoms. The monoisotopic (exact) mass is 273 g/mol. The van der Waals surface area contributed by atoms with E-state index in [9.17, 15) is 9.90 Å². The Morgan fingerprint density at radius 2 is 2.28 bits per heavy atom. The zero-order valence-corrected chi connectivity index (χ0v) is 10.9. The van der Waals surface area contributed by atoms with E-state index < -0.39 is 12.1 Å². The Balaban J connectivity index is 2.54. The highest BCUT2D eigenvalue weighted by Crippen LogP contribution is 2.24. The van der Waals surface area contributed by atoms with E-state index in [0.29, 0.717) is 19.4 Å². The summed E-state index contributed by atoms with van der Waals surface area (Å²) in [5.74, 6) is -0.873. The number of hydrogen-bond acceptors (Lipinski definition) is 5. The number of rotatable bonds is 9. The minimum Gasteiger partial charge on any atom is -0.481 e. The Bertz CT molecular complexity index is 342. The van der Waals surface area contributed by atoms with Gasteiger partial charge in [-0.25, -0.2) is 0 Å². The van der Waals surface area contributed by atoms with E-state index in [-0.39, 0.29) is 19.1 Å².